The van der Waals surface area contributed by atoms with Crippen molar-refractivity contribution in [2.75, 3.05) is 34.0 Å². The first-order chi connectivity index (χ1) is 9.51. The number of nitrogens with zero attached hydrogens (tertiary/aromatic N) is 1. The molecule has 0 bridgehead atoms. The van der Waals surface area contributed by atoms with Crippen molar-refractivity contribution in [3.8, 4) is 5.75 Å². The third-order valence-corrected chi connectivity index (χ3v) is 3.42. The first-order valence-electron chi connectivity index (χ1n) is 6.28. The Hall–Kier alpha value is -1.11. The molecule has 20 heavy (non-hydrogen) atoms. The summed E-state index contributed by atoms with van der Waals surface area (Å²) in [5.41, 5.74) is 0.271. The highest BCUT2D eigenvalue weighted by atomic mass is 79.9. The lowest BCUT2D eigenvalue weighted by molar-refractivity contribution is 0.0477. The van der Waals surface area contributed by atoms with Gasteiger partial charge in [-0.1, -0.05) is 15.9 Å². The van der Waals surface area contributed by atoms with E-state index >= 15 is 0 Å². The van der Waals surface area contributed by atoms with E-state index in [1.165, 1.54) is 6.07 Å². The number of ether oxygens (including phenoxy) is 2. The maximum atomic E-state index is 12.5. The zero-order chi connectivity index (χ0) is 15.1. The Morgan fingerprint density at radius 2 is 2.10 bits per heavy atom. The van der Waals surface area contributed by atoms with Crippen LogP contribution in [-0.2, 0) is 9.47 Å². The van der Waals surface area contributed by atoms with Gasteiger partial charge >= 0.3 is 0 Å². The summed E-state index contributed by atoms with van der Waals surface area (Å²) in [6.07, 6.45) is 0. The molecule has 0 aromatic heterocycles. The Morgan fingerprint density at radius 3 is 2.65 bits per heavy atom. The van der Waals surface area contributed by atoms with Gasteiger partial charge in [0.05, 0.1) is 24.8 Å². The average molecular weight is 346 g/mol. The number of hydrogen-bond acceptors (Lipinski definition) is 4. The summed E-state index contributed by atoms with van der Waals surface area (Å²) in [6, 6.07) is 4.72. The van der Waals surface area contributed by atoms with Crippen LogP contribution in [0.3, 0.4) is 0 Å². The van der Waals surface area contributed by atoms with E-state index in [1.54, 1.807) is 31.3 Å². The van der Waals surface area contributed by atoms with Gasteiger partial charge in [0.1, 0.15) is 5.75 Å². The lowest BCUT2D eigenvalue weighted by atomic mass is 10.1. The molecule has 0 heterocycles. The molecule has 112 valence electrons. The summed E-state index contributed by atoms with van der Waals surface area (Å²) in [5, 5.41) is 9.91. The van der Waals surface area contributed by atoms with Crippen molar-refractivity contribution in [2.45, 2.75) is 13.0 Å². The number of aromatic hydroxyl groups is 1. The van der Waals surface area contributed by atoms with Crippen molar-refractivity contribution < 1.29 is 19.4 Å². The molecule has 0 spiro atoms. The van der Waals surface area contributed by atoms with Crippen molar-refractivity contribution in [1.29, 1.82) is 0 Å². The van der Waals surface area contributed by atoms with E-state index in [9.17, 15) is 9.90 Å². The van der Waals surface area contributed by atoms with Crippen molar-refractivity contribution >= 4 is 21.8 Å². The Balaban J connectivity index is 2.96. The lowest BCUT2D eigenvalue weighted by Gasteiger charge is -2.29. The van der Waals surface area contributed by atoms with Gasteiger partial charge in [0.15, 0.2) is 0 Å². The highest BCUT2D eigenvalue weighted by Crippen LogP contribution is 2.24. The lowest BCUT2D eigenvalue weighted by Crippen LogP contribution is -2.43. The molecule has 0 saturated carbocycles. The van der Waals surface area contributed by atoms with Crippen LogP contribution in [0.15, 0.2) is 22.7 Å². The van der Waals surface area contributed by atoms with Gasteiger partial charge in [0.25, 0.3) is 5.91 Å². The average Bonchev–Trinajstić information content (AvgIpc) is 2.39. The molecule has 1 N–H and O–H groups in total. The van der Waals surface area contributed by atoms with Crippen molar-refractivity contribution in [3.63, 3.8) is 0 Å². The van der Waals surface area contributed by atoms with E-state index in [-0.39, 0.29) is 23.3 Å². The molecule has 0 fully saturated rings. The van der Waals surface area contributed by atoms with E-state index < -0.39 is 0 Å². The molecule has 6 heteroatoms. The molecular weight excluding hydrogens is 326 g/mol. The smallest absolute Gasteiger partial charge is 0.258 e. The van der Waals surface area contributed by atoms with Crippen LogP contribution >= 0.6 is 15.9 Å². The predicted molar refractivity (Wildman–Crippen MR) is 80.1 cm³/mol. The standard InChI is InChI=1S/C14H20BrNO4/c1-10(9-20-3)16(6-7-19-2)14(18)12-5-4-11(15)8-13(12)17/h4-5,8,10,17H,6-7,9H2,1-3H3. The Kier molecular flexibility index (Phi) is 6.98. The van der Waals surface area contributed by atoms with Crippen LogP contribution in [-0.4, -0.2) is 55.9 Å². The monoisotopic (exact) mass is 345 g/mol. The Labute approximate surface area is 127 Å². The quantitative estimate of drug-likeness (QED) is 0.823. The first-order valence-corrected chi connectivity index (χ1v) is 7.08. The number of amides is 1. The highest BCUT2D eigenvalue weighted by molar-refractivity contribution is 9.10. The number of methoxy groups -OCH3 is 2. The fourth-order valence-electron chi connectivity index (χ4n) is 1.88. The molecule has 1 atom stereocenters. The molecule has 0 aliphatic rings. The Bertz CT molecular complexity index is 453. The first kappa shape index (κ1) is 16.9. The summed E-state index contributed by atoms with van der Waals surface area (Å²) in [6.45, 7) is 3.19. The van der Waals surface area contributed by atoms with Crippen LogP contribution < -0.4 is 0 Å². The van der Waals surface area contributed by atoms with Crippen LogP contribution in [0.4, 0.5) is 0 Å². The van der Waals surface area contributed by atoms with E-state index in [0.29, 0.717) is 19.8 Å². The minimum atomic E-state index is -0.239. The number of carbonyl (C=O) groups excluding carboxylic acids is 1. The van der Waals surface area contributed by atoms with Crippen LogP contribution in [0, 0.1) is 0 Å². The molecule has 0 aliphatic heterocycles. The number of carbonyl (C=O) groups is 1. The summed E-state index contributed by atoms with van der Waals surface area (Å²) in [4.78, 5) is 14.2. The number of halogens is 1. The zero-order valence-corrected chi connectivity index (χ0v) is 13.5. The molecule has 0 saturated heterocycles. The molecule has 1 aromatic rings. The summed E-state index contributed by atoms with van der Waals surface area (Å²) >= 11 is 3.25. The van der Waals surface area contributed by atoms with Crippen LogP contribution in [0.25, 0.3) is 0 Å². The second-order valence-electron chi connectivity index (χ2n) is 4.46. The number of rotatable bonds is 7. The second-order valence-corrected chi connectivity index (χ2v) is 5.37. The molecule has 1 unspecified atom stereocenters. The third-order valence-electron chi connectivity index (χ3n) is 2.93. The number of hydrogen-bond donors (Lipinski definition) is 1. The van der Waals surface area contributed by atoms with Gasteiger partial charge < -0.3 is 19.5 Å². The Morgan fingerprint density at radius 1 is 1.40 bits per heavy atom. The van der Waals surface area contributed by atoms with Gasteiger partial charge in [-0.3, -0.25) is 4.79 Å². The fourth-order valence-corrected chi connectivity index (χ4v) is 2.23. The molecule has 5 nitrogen and oxygen atoms in total. The van der Waals surface area contributed by atoms with Crippen molar-refractivity contribution in [3.05, 3.63) is 28.2 Å². The predicted octanol–water partition coefficient (Wildman–Crippen LogP) is 2.28. The van der Waals surface area contributed by atoms with Gasteiger partial charge in [-0.05, 0) is 25.1 Å². The van der Waals surface area contributed by atoms with Crippen molar-refractivity contribution in [1.82, 2.24) is 4.90 Å². The summed E-state index contributed by atoms with van der Waals surface area (Å²) in [5.74, 6) is -0.284. The molecule has 0 radical (unpaired) electrons. The van der Waals surface area contributed by atoms with E-state index in [0.717, 1.165) is 4.47 Å². The minimum Gasteiger partial charge on any atom is -0.507 e. The molecule has 1 aromatic carbocycles. The third kappa shape index (κ3) is 4.47. The number of benzene rings is 1. The molecule has 1 rings (SSSR count). The van der Waals surface area contributed by atoms with E-state index in [2.05, 4.69) is 15.9 Å². The van der Waals surface area contributed by atoms with Gasteiger partial charge in [0.2, 0.25) is 0 Å². The maximum absolute atomic E-state index is 12.5. The van der Waals surface area contributed by atoms with E-state index in [1.807, 2.05) is 6.92 Å². The zero-order valence-electron chi connectivity index (χ0n) is 11.9. The van der Waals surface area contributed by atoms with E-state index in [4.69, 9.17) is 9.47 Å². The molecule has 1 amide bonds. The van der Waals surface area contributed by atoms with Gasteiger partial charge in [-0.25, -0.2) is 0 Å². The highest BCUT2D eigenvalue weighted by Gasteiger charge is 2.23. The van der Waals surface area contributed by atoms with Crippen LogP contribution in [0.2, 0.25) is 0 Å². The van der Waals surface area contributed by atoms with Gasteiger partial charge in [-0.2, -0.15) is 0 Å². The maximum Gasteiger partial charge on any atom is 0.258 e. The molecule has 0 aliphatic carbocycles. The number of phenolic OH excluding ortho intramolecular Hbond substituents is 1. The SMILES string of the molecule is COCCN(C(=O)c1ccc(Br)cc1O)C(C)COC. The minimum absolute atomic E-state index is 0.0450. The topological polar surface area (TPSA) is 59.0 Å². The fraction of sp³-hybridized carbons (Fsp3) is 0.500. The van der Waals surface area contributed by atoms with Crippen molar-refractivity contribution in [2.24, 2.45) is 0 Å². The van der Waals surface area contributed by atoms with Gasteiger partial charge in [0, 0.05) is 25.2 Å². The molecular formula is C14H20BrNO4. The summed E-state index contributed by atoms with van der Waals surface area (Å²) in [7, 11) is 3.17. The normalized spacial score (nSPS) is 12.2. The largest absolute Gasteiger partial charge is 0.507 e. The number of phenols is 1. The van der Waals surface area contributed by atoms with Crippen LogP contribution in [0.5, 0.6) is 5.75 Å². The van der Waals surface area contributed by atoms with Crippen LogP contribution in [0.1, 0.15) is 17.3 Å². The summed E-state index contributed by atoms with van der Waals surface area (Å²) < 4.78 is 10.8. The second kappa shape index (κ2) is 8.24. The van der Waals surface area contributed by atoms with Gasteiger partial charge in [-0.15, -0.1) is 0 Å².